The van der Waals surface area contributed by atoms with E-state index in [1.54, 1.807) is 0 Å². The topological polar surface area (TPSA) is 47.8 Å². The Balaban J connectivity index is 1.77. The lowest BCUT2D eigenvalue weighted by Crippen LogP contribution is -2.10. The number of aromatic nitrogens is 3. The number of alkyl halides is 1. The Bertz CT molecular complexity index is 709. The van der Waals surface area contributed by atoms with E-state index < -0.39 is 6.15 Å². The van der Waals surface area contributed by atoms with Crippen molar-refractivity contribution in [3.05, 3.63) is 47.5 Å². The Morgan fingerprint density at radius 1 is 1.35 bits per heavy atom. The molecule has 0 spiro atoms. The zero-order valence-corrected chi connectivity index (χ0v) is 10.8. The number of Topliss-reactive ketones (excluding diaryl/α,β-unsaturated/α-hetero) is 1. The Labute approximate surface area is 117 Å². The molecule has 0 unspecified atom stereocenters. The first-order valence-electron chi connectivity index (χ1n) is 7.31. The largest absolute Gasteiger partial charge is 0.290 e. The van der Waals surface area contributed by atoms with Gasteiger partial charge >= 0.3 is 0 Å². The van der Waals surface area contributed by atoms with E-state index >= 15 is 0 Å². The van der Waals surface area contributed by atoms with Gasteiger partial charge in [0.25, 0.3) is 0 Å². The molecule has 1 aliphatic heterocycles. The average molecular weight is 272 g/mol. The maximum Gasteiger partial charge on any atom is 0.217 e. The third kappa shape index (κ3) is 1.77. The van der Waals surface area contributed by atoms with E-state index in [-0.39, 0.29) is 35.8 Å². The van der Waals surface area contributed by atoms with Gasteiger partial charge < -0.3 is 0 Å². The summed E-state index contributed by atoms with van der Waals surface area (Å²) in [6.45, 7) is 0. The van der Waals surface area contributed by atoms with E-state index in [9.17, 15) is 9.18 Å². The van der Waals surface area contributed by atoms with Crippen molar-refractivity contribution < 1.29 is 10.6 Å². The highest BCUT2D eigenvalue weighted by atomic mass is 19.1. The third-order valence-corrected chi connectivity index (χ3v) is 3.89. The minimum atomic E-state index is -2.30. The van der Waals surface area contributed by atoms with Gasteiger partial charge in [-0.15, -0.1) is 5.10 Å². The van der Waals surface area contributed by atoms with Crippen molar-refractivity contribution >= 4 is 5.78 Å². The summed E-state index contributed by atoms with van der Waals surface area (Å²) >= 11 is 0. The molecule has 0 radical (unpaired) electrons. The highest BCUT2D eigenvalue weighted by Crippen LogP contribution is 2.40. The van der Waals surface area contributed by atoms with Crippen molar-refractivity contribution in [1.82, 2.24) is 14.8 Å². The summed E-state index contributed by atoms with van der Waals surface area (Å²) in [5.41, 5.74) is 0.876. The fourth-order valence-electron chi connectivity index (χ4n) is 2.64. The highest BCUT2D eigenvalue weighted by Gasteiger charge is 2.39. The Kier molecular flexibility index (Phi) is 2.27. The molecule has 2 heterocycles. The van der Waals surface area contributed by atoms with E-state index in [1.165, 1.54) is 4.68 Å². The molecule has 0 bridgehead atoms. The van der Waals surface area contributed by atoms with Crippen molar-refractivity contribution in [1.29, 1.82) is 0 Å². The third-order valence-electron chi connectivity index (χ3n) is 3.89. The smallest absolute Gasteiger partial charge is 0.217 e. The SMILES string of the molecule is [2H][C@]1(F)C[C@@H](c2ccccc2)n2nc(C(=O)C3CC3)nc21. The fourth-order valence-corrected chi connectivity index (χ4v) is 2.64. The van der Waals surface area contributed by atoms with Crippen molar-refractivity contribution in [2.75, 3.05) is 0 Å². The molecule has 2 aliphatic rings. The van der Waals surface area contributed by atoms with Crippen LogP contribution < -0.4 is 0 Å². The van der Waals surface area contributed by atoms with Gasteiger partial charge in [-0.05, 0) is 18.4 Å². The van der Waals surface area contributed by atoms with Gasteiger partial charge in [0.1, 0.15) is 0 Å². The molecule has 0 amide bonds. The zero-order chi connectivity index (χ0) is 14.6. The summed E-state index contributed by atoms with van der Waals surface area (Å²) in [7, 11) is 0. The molecule has 1 aromatic heterocycles. The molecule has 1 saturated carbocycles. The molecule has 20 heavy (non-hydrogen) atoms. The van der Waals surface area contributed by atoms with Crippen molar-refractivity contribution in [2.24, 2.45) is 5.92 Å². The molecule has 2 atom stereocenters. The van der Waals surface area contributed by atoms with Crippen LogP contribution in [0.2, 0.25) is 0 Å². The van der Waals surface area contributed by atoms with E-state index in [0.29, 0.717) is 0 Å². The first kappa shape index (κ1) is 10.7. The number of fused-ring (bicyclic) bond motifs is 1. The molecular formula is C15H14FN3O. The van der Waals surface area contributed by atoms with Gasteiger partial charge in [0.2, 0.25) is 11.6 Å². The van der Waals surface area contributed by atoms with Crippen LogP contribution in [0.3, 0.4) is 0 Å². The zero-order valence-electron chi connectivity index (χ0n) is 11.8. The van der Waals surface area contributed by atoms with Crippen LogP contribution in [0.5, 0.6) is 0 Å². The van der Waals surface area contributed by atoms with Crippen LogP contribution in [0.15, 0.2) is 30.3 Å². The number of carbonyl (C=O) groups excluding carboxylic acids is 1. The number of ketones is 1. The lowest BCUT2D eigenvalue weighted by atomic mass is 10.0. The molecule has 1 aliphatic carbocycles. The minimum Gasteiger partial charge on any atom is -0.290 e. The normalized spacial score (nSPS) is 29.1. The molecule has 5 heteroatoms. The average Bonchev–Trinajstić information content (AvgIpc) is 3.17. The standard InChI is InChI=1S/C15H14FN3O/c16-11-8-12(9-4-2-1-3-5-9)19-15(11)17-14(18-19)13(20)10-6-7-10/h1-5,10-12H,6-8H2/t11-,12-/m0/s1/i11D. The lowest BCUT2D eigenvalue weighted by molar-refractivity contribution is 0.0956. The molecule has 0 N–H and O–H groups in total. The predicted molar refractivity (Wildman–Crippen MR) is 70.1 cm³/mol. The van der Waals surface area contributed by atoms with Crippen LogP contribution in [-0.2, 0) is 0 Å². The second-order valence-corrected chi connectivity index (χ2v) is 5.38. The fraction of sp³-hybridized carbons (Fsp3) is 0.400. The van der Waals surface area contributed by atoms with E-state index in [4.69, 9.17) is 1.37 Å². The first-order valence-corrected chi connectivity index (χ1v) is 6.81. The minimum absolute atomic E-state index is 0.0111. The van der Waals surface area contributed by atoms with E-state index in [2.05, 4.69) is 10.1 Å². The van der Waals surface area contributed by atoms with Gasteiger partial charge in [0, 0.05) is 12.3 Å². The first-order chi connectivity index (χ1) is 10.1. The summed E-state index contributed by atoms with van der Waals surface area (Å²) in [5.74, 6) is -0.134. The Hall–Kier alpha value is -2.04. The number of hydrogen-bond donors (Lipinski definition) is 0. The second-order valence-electron chi connectivity index (χ2n) is 5.38. The Morgan fingerprint density at radius 2 is 2.10 bits per heavy atom. The summed E-state index contributed by atoms with van der Waals surface area (Å²) < 4.78 is 23.7. The van der Waals surface area contributed by atoms with Gasteiger partial charge in [-0.1, -0.05) is 30.3 Å². The summed E-state index contributed by atoms with van der Waals surface area (Å²) in [4.78, 5) is 16.1. The van der Waals surface area contributed by atoms with Crippen LogP contribution in [0.4, 0.5) is 4.39 Å². The van der Waals surface area contributed by atoms with Crippen molar-refractivity contribution in [3.8, 4) is 0 Å². The van der Waals surface area contributed by atoms with Crippen LogP contribution in [0, 0.1) is 5.92 Å². The number of halogens is 1. The summed E-state index contributed by atoms with van der Waals surface area (Å²) in [6, 6.07) is 8.98. The van der Waals surface area contributed by atoms with Gasteiger partial charge in [0.05, 0.1) is 7.41 Å². The maximum atomic E-state index is 14.5. The van der Waals surface area contributed by atoms with E-state index in [0.717, 1.165) is 18.4 Å². The van der Waals surface area contributed by atoms with Crippen LogP contribution in [0.1, 0.15) is 54.8 Å². The van der Waals surface area contributed by atoms with Gasteiger partial charge in [-0.3, -0.25) is 4.79 Å². The molecular weight excluding hydrogens is 257 g/mol. The molecule has 0 saturated heterocycles. The predicted octanol–water partition coefficient (Wildman–Crippen LogP) is 2.87. The molecule has 2 aromatic rings. The molecule has 1 aromatic carbocycles. The number of benzene rings is 1. The highest BCUT2D eigenvalue weighted by molar-refractivity contribution is 5.95. The summed E-state index contributed by atoms with van der Waals surface area (Å²) in [6.07, 6.45) is -0.612. The molecule has 4 rings (SSSR count). The second kappa shape index (κ2) is 4.23. The van der Waals surface area contributed by atoms with Crippen LogP contribution in [0.25, 0.3) is 0 Å². The van der Waals surface area contributed by atoms with Gasteiger partial charge in [0.15, 0.2) is 12.0 Å². The molecule has 102 valence electrons. The van der Waals surface area contributed by atoms with E-state index in [1.807, 2.05) is 30.3 Å². The van der Waals surface area contributed by atoms with Crippen molar-refractivity contribution in [2.45, 2.75) is 31.5 Å². The van der Waals surface area contributed by atoms with Gasteiger partial charge in [-0.2, -0.15) is 0 Å². The quantitative estimate of drug-likeness (QED) is 0.807. The van der Waals surface area contributed by atoms with Crippen LogP contribution >= 0.6 is 0 Å². The molecule has 4 nitrogen and oxygen atoms in total. The van der Waals surface area contributed by atoms with Crippen molar-refractivity contribution in [3.63, 3.8) is 0 Å². The van der Waals surface area contributed by atoms with Gasteiger partial charge in [-0.25, -0.2) is 14.1 Å². The van der Waals surface area contributed by atoms with Crippen LogP contribution in [-0.4, -0.2) is 20.5 Å². The number of carbonyl (C=O) groups is 1. The maximum absolute atomic E-state index is 14.5. The number of nitrogens with zero attached hydrogens (tertiary/aromatic N) is 3. The monoisotopic (exact) mass is 272 g/mol. The number of rotatable bonds is 3. The molecule has 1 fully saturated rings. The number of hydrogen-bond acceptors (Lipinski definition) is 3. The lowest BCUT2D eigenvalue weighted by Gasteiger charge is -2.11. The Morgan fingerprint density at radius 3 is 2.80 bits per heavy atom. The summed E-state index contributed by atoms with van der Waals surface area (Å²) in [5, 5.41) is 4.20.